The third-order valence-electron chi connectivity index (χ3n) is 6.35. The molecule has 0 aliphatic heterocycles. The smallest absolute Gasteiger partial charge is 0.491 e. The summed E-state index contributed by atoms with van der Waals surface area (Å²) in [7, 11) is -3.86. The Balaban J connectivity index is 1.85. The minimum Gasteiger partial charge on any atom is -0.491 e. The minimum absolute atomic E-state index is 0.206. The van der Waals surface area contributed by atoms with Crippen LogP contribution in [-0.2, 0) is 15.4 Å². The number of carbonyl (C=O) groups is 1. The molecular formula is C29H28F3IN2O5S2. The van der Waals surface area contributed by atoms with Gasteiger partial charge >= 0.3 is 6.36 Å². The van der Waals surface area contributed by atoms with Gasteiger partial charge in [-0.3, -0.25) is 4.79 Å². The van der Waals surface area contributed by atoms with Gasteiger partial charge in [-0.1, -0.05) is 13.8 Å². The number of hydrogen-bond acceptors (Lipinski definition) is 6. The molecule has 0 saturated carbocycles. The van der Waals surface area contributed by atoms with Crippen molar-refractivity contribution in [2.45, 2.75) is 45.6 Å². The summed E-state index contributed by atoms with van der Waals surface area (Å²) in [6.45, 7) is 7.16. The Hall–Kier alpha value is -3.04. The maximum Gasteiger partial charge on any atom is 0.573 e. The molecule has 42 heavy (non-hydrogen) atoms. The Labute approximate surface area is 259 Å². The fourth-order valence-electron chi connectivity index (χ4n) is 4.49. The lowest BCUT2D eigenvalue weighted by atomic mass is 9.78. The van der Waals surface area contributed by atoms with Gasteiger partial charge in [0.2, 0.25) is 10.0 Å². The van der Waals surface area contributed by atoms with E-state index >= 15 is 0 Å². The van der Waals surface area contributed by atoms with Crippen molar-refractivity contribution in [2.24, 2.45) is 5.73 Å². The van der Waals surface area contributed by atoms with E-state index in [4.69, 9.17) is 10.5 Å². The van der Waals surface area contributed by atoms with Crippen molar-refractivity contribution in [1.29, 1.82) is 0 Å². The molecule has 224 valence electrons. The highest BCUT2D eigenvalue weighted by Gasteiger charge is 2.33. The quantitative estimate of drug-likeness (QED) is 0.178. The fourth-order valence-corrected chi connectivity index (χ4v) is 7.03. The van der Waals surface area contributed by atoms with E-state index in [9.17, 15) is 26.4 Å². The average Bonchev–Trinajstić information content (AvgIpc) is 3.25. The van der Waals surface area contributed by atoms with Gasteiger partial charge in [-0.05, 0) is 108 Å². The molecular weight excluding hydrogens is 704 g/mol. The Morgan fingerprint density at radius 1 is 0.952 bits per heavy atom. The molecule has 4 rings (SSSR count). The second-order valence-electron chi connectivity index (χ2n) is 10.5. The van der Waals surface area contributed by atoms with E-state index in [-0.39, 0.29) is 11.9 Å². The molecule has 13 heteroatoms. The first kappa shape index (κ1) is 31.9. The molecule has 2 N–H and O–H groups in total. The summed E-state index contributed by atoms with van der Waals surface area (Å²) in [4.78, 5) is 12.0. The number of nitrogens with two attached hydrogens (primary N) is 1. The zero-order valence-electron chi connectivity index (χ0n) is 23.2. The molecule has 1 heterocycles. The van der Waals surface area contributed by atoms with Gasteiger partial charge in [-0.25, -0.2) is 12.7 Å². The van der Waals surface area contributed by atoms with Crippen LogP contribution >= 0.6 is 33.9 Å². The van der Waals surface area contributed by atoms with Crippen molar-refractivity contribution in [3.63, 3.8) is 0 Å². The summed E-state index contributed by atoms with van der Waals surface area (Å²) >= 11 is 3.28. The third-order valence-corrected chi connectivity index (χ3v) is 9.19. The van der Waals surface area contributed by atoms with Crippen LogP contribution in [0.3, 0.4) is 0 Å². The van der Waals surface area contributed by atoms with Crippen LogP contribution in [0.15, 0.2) is 60.7 Å². The largest absolute Gasteiger partial charge is 0.573 e. The number of fused-ring (bicyclic) bond motifs is 1. The van der Waals surface area contributed by atoms with Crippen LogP contribution in [0, 0.1) is 3.57 Å². The van der Waals surface area contributed by atoms with Crippen LogP contribution in [0.1, 0.15) is 48.5 Å². The SMILES string of the molecule is CC(C)Oc1cc(OC(F)(F)F)cc(C(C)(C)c2cc(I)cc(N(c3ccc4sc(C(N)=O)cc4c3)S(C)(=O)=O)c2)c1. The molecule has 0 aliphatic rings. The lowest BCUT2D eigenvalue weighted by Gasteiger charge is -2.30. The van der Waals surface area contributed by atoms with Gasteiger partial charge in [0.25, 0.3) is 5.91 Å². The van der Waals surface area contributed by atoms with Crippen LogP contribution in [-0.4, -0.2) is 33.0 Å². The van der Waals surface area contributed by atoms with Gasteiger partial charge in [-0.15, -0.1) is 24.5 Å². The highest BCUT2D eigenvalue weighted by molar-refractivity contribution is 14.1. The lowest BCUT2D eigenvalue weighted by Crippen LogP contribution is -2.26. The number of anilines is 2. The number of sulfonamides is 1. The van der Waals surface area contributed by atoms with Gasteiger partial charge in [0, 0.05) is 19.8 Å². The van der Waals surface area contributed by atoms with Crippen molar-refractivity contribution in [3.05, 3.63) is 80.2 Å². The Morgan fingerprint density at radius 2 is 1.60 bits per heavy atom. The molecule has 4 aromatic rings. The van der Waals surface area contributed by atoms with Gasteiger partial charge in [0.05, 0.1) is 28.6 Å². The topological polar surface area (TPSA) is 98.9 Å². The Bertz CT molecular complexity index is 1770. The molecule has 0 aliphatic carbocycles. The summed E-state index contributed by atoms with van der Waals surface area (Å²) in [6, 6.07) is 16.0. The van der Waals surface area contributed by atoms with Gasteiger partial charge in [0.15, 0.2) is 0 Å². The van der Waals surface area contributed by atoms with E-state index in [1.807, 2.05) is 19.9 Å². The number of hydrogen-bond donors (Lipinski definition) is 1. The summed E-state index contributed by atoms with van der Waals surface area (Å²) in [5.41, 5.74) is 6.30. The van der Waals surface area contributed by atoms with Crippen molar-refractivity contribution in [1.82, 2.24) is 0 Å². The van der Waals surface area contributed by atoms with Crippen molar-refractivity contribution >= 4 is 71.3 Å². The second-order valence-corrected chi connectivity index (χ2v) is 14.6. The van der Waals surface area contributed by atoms with Crippen LogP contribution in [0.25, 0.3) is 10.1 Å². The second kappa shape index (κ2) is 11.6. The maximum absolute atomic E-state index is 13.2. The van der Waals surface area contributed by atoms with E-state index < -0.39 is 33.5 Å². The zero-order valence-corrected chi connectivity index (χ0v) is 27.0. The number of amides is 1. The molecule has 3 aromatic carbocycles. The number of nitrogens with zero attached hydrogens (tertiary/aromatic N) is 1. The molecule has 0 saturated heterocycles. The summed E-state index contributed by atoms with van der Waals surface area (Å²) < 4.78 is 78.4. The normalized spacial score (nSPS) is 12.5. The van der Waals surface area contributed by atoms with Crippen LogP contribution < -0.4 is 19.5 Å². The van der Waals surface area contributed by atoms with Gasteiger partial charge < -0.3 is 15.2 Å². The van der Waals surface area contributed by atoms with E-state index in [1.54, 1.807) is 56.3 Å². The predicted molar refractivity (Wildman–Crippen MR) is 168 cm³/mol. The van der Waals surface area contributed by atoms with Crippen molar-refractivity contribution in [2.75, 3.05) is 10.6 Å². The summed E-state index contributed by atoms with van der Waals surface area (Å²) in [5.74, 6) is -0.793. The number of carbonyl (C=O) groups excluding carboxylic acids is 1. The van der Waals surface area contributed by atoms with E-state index in [0.717, 1.165) is 11.0 Å². The molecule has 0 atom stereocenters. The fraction of sp³-hybridized carbons (Fsp3) is 0.276. The third kappa shape index (κ3) is 7.29. The molecule has 0 radical (unpaired) electrons. The number of halogens is 4. The molecule has 0 spiro atoms. The molecule has 1 amide bonds. The number of ether oxygens (including phenoxy) is 2. The monoisotopic (exact) mass is 732 g/mol. The summed E-state index contributed by atoms with van der Waals surface area (Å²) in [5, 5.41) is 0.658. The number of primary amides is 1. The first-order chi connectivity index (χ1) is 19.3. The van der Waals surface area contributed by atoms with Crippen molar-refractivity contribution < 1.29 is 35.9 Å². The molecule has 0 fully saturated rings. The highest BCUT2D eigenvalue weighted by Crippen LogP contribution is 2.41. The highest BCUT2D eigenvalue weighted by atomic mass is 127. The number of alkyl halides is 3. The van der Waals surface area contributed by atoms with Crippen LogP contribution in [0.2, 0.25) is 0 Å². The molecule has 0 bridgehead atoms. The summed E-state index contributed by atoms with van der Waals surface area (Å²) in [6.07, 6.45) is -4.11. The van der Waals surface area contributed by atoms with Crippen LogP contribution in [0.4, 0.5) is 24.5 Å². The van der Waals surface area contributed by atoms with Gasteiger partial charge in [-0.2, -0.15) is 0 Å². The number of benzene rings is 3. The predicted octanol–water partition coefficient (Wildman–Crippen LogP) is 7.71. The average molecular weight is 733 g/mol. The molecule has 0 unspecified atom stereocenters. The standard InChI is InChI=1S/C29H28F3IN2O5S2/c1-16(2)39-23-12-19(13-24(15-23)40-29(30,31)32)28(3,4)18-10-20(33)14-22(11-18)35(42(5,37)38)21-6-7-25-17(8-21)9-26(41-25)27(34)36/h6-16H,1-5H3,(H2,34,36). The van der Waals surface area contributed by atoms with E-state index in [2.05, 4.69) is 27.3 Å². The van der Waals surface area contributed by atoms with E-state index in [1.165, 1.54) is 27.8 Å². The maximum atomic E-state index is 13.2. The lowest BCUT2D eigenvalue weighted by molar-refractivity contribution is -0.274. The first-order valence-corrected chi connectivity index (χ1v) is 16.3. The Kier molecular flexibility index (Phi) is 8.78. The zero-order chi connectivity index (χ0) is 31.2. The van der Waals surface area contributed by atoms with Gasteiger partial charge in [0.1, 0.15) is 11.5 Å². The molecule has 7 nitrogen and oxygen atoms in total. The van der Waals surface area contributed by atoms with Crippen molar-refractivity contribution in [3.8, 4) is 11.5 Å². The number of thiophene rings is 1. The van der Waals surface area contributed by atoms with E-state index in [0.29, 0.717) is 36.3 Å². The van der Waals surface area contributed by atoms with Crippen LogP contribution in [0.5, 0.6) is 11.5 Å². The number of rotatable bonds is 9. The molecule has 1 aromatic heterocycles. The first-order valence-electron chi connectivity index (χ1n) is 12.6. The Morgan fingerprint density at radius 3 is 2.19 bits per heavy atom. The minimum atomic E-state index is -4.90.